The molecule has 30 heavy (non-hydrogen) atoms. The van der Waals surface area contributed by atoms with E-state index in [2.05, 4.69) is 48.1 Å². The van der Waals surface area contributed by atoms with E-state index < -0.39 is 13.9 Å². The first kappa shape index (κ1) is 26.9. The lowest BCUT2D eigenvalue weighted by Crippen LogP contribution is -2.49. The van der Waals surface area contributed by atoms with Gasteiger partial charge in [0, 0.05) is 13.0 Å². The fourth-order valence-electron chi connectivity index (χ4n) is 4.67. The molecule has 1 N–H and O–H groups in total. The van der Waals surface area contributed by atoms with Gasteiger partial charge in [-0.3, -0.25) is 0 Å². The van der Waals surface area contributed by atoms with Crippen LogP contribution in [0.15, 0.2) is 36.9 Å². The minimum Gasteiger partial charge on any atom is -0.497 e. The number of aliphatic hydroxyl groups is 1. The molecule has 0 spiro atoms. The Hall–Kier alpha value is -1.14. The van der Waals surface area contributed by atoms with Crippen LogP contribution in [0, 0.1) is 0 Å². The Morgan fingerprint density at radius 1 is 1.03 bits per heavy atom. The molecular formula is C25H44O4Si. The predicted molar refractivity (Wildman–Crippen MR) is 129 cm³/mol. The Labute approximate surface area is 185 Å². The Balaban J connectivity index is 2.79. The van der Waals surface area contributed by atoms with Crippen molar-refractivity contribution in [3.05, 3.63) is 42.5 Å². The molecule has 0 unspecified atom stereocenters. The standard InChI is InChI=1S/C25H44O4Si/c1-10-11-24(28-18-22-12-14-23(27-9)15-13-22)25(8,26)16-17-29-30(19(2)3,20(4)5)21(6)7/h10,12-15,19-21,24,26H,1,11,16-18H2,2-9H3/t24-,25+/m1/s1. The molecule has 172 valence electrons. The summed E-state index contributed by atoms with van der Waals surface area (Å²) in [5.74, 6) is 0.818. The van der Waals surface area contributed by atoms with Gasteiger partial charge in [-0.15, -0.1) is 6.58 Å². The molecule has 2 atom stereocenters. The van der Waals surface area contributed by atoms with Crippen molar-refractivity contribution in [1.82, 2.24) is 0 Å². The van der Waals surface area contributed by atoms with E-state index >= 15 is 0 Å². The number of hydrogen-bond acceptors (Lipinski definition) is 4. The van der Waals surface area contributed by atoms with E-state index in [4.69, 9.17) is 13.9 Å². The summed E-state index contributed by atoms with van der Waals surface area (Å²) in [5.41, 5.74) is 1.63. The van der Waals surface area contributed by atoms with E-state index in [1.807, 2.05) is 37.3 Å². The highest BCUT2D eigenvalue weighted by molar-refractivity contribution is 6.77. The molecule has 0 fully saturated rings. The van der Waals surface area contributed by atoms with Crippen LogP contribution in [0.4, 0.5) is 0 Å². The SMILES string of the molecule is C=CC[C@@H](OCc1ccc(OC)cc1)[C@@](C)(O)CCO[Si](C(C)C)(C(C)C)C(C)C. The molecule has 4 nitrogen and oxygen atoms in total. The largest absolute Gasteiger partial charge is 0.497 e. The van der Waals surface area contributed by atoms with Crippen molar-refractivity contribution in [2.75, 3.05) is 13.7 Å². The number of benzene rings is 1. The molecule has 0 aliphatic rings. The van der Waals surface area contributed by atoms with Gasteiger partial charge in [-0.05, 0) is 47.7 Å². The molecule has 0 amide bonds. The van der Waals surface area contributed by atoms with Gasteiger partial charge in [-0.1, -0.05) is 59.8 Å². The van der Waals surface area contributed by atoms with Gasteiger partial charge < -0.3 is 19.0 Å². The van der Waals surface area contributed by atoms with Crippen molar-refractivity contribution >= 4 is 8.32 Å². The van der Waals surface area contributed by atoms with Gasteiger partial charge in [0.25, 0.3) is 0 Å². The van der Waals surface area contributed by atoms with E-state index in [1.165, 1.54) is 0 Å². The lowest BCUT2D eigenvalue weighted by Gasteiger charge is -2.43. The van der Waals surface area contributed by atoms with Crippen LogP contribution in [0.5, 0.6) is 5.75 Å². The first-order valence-corrected chi connectivity index (χ1v) is 13.4. The van der Waals surface area contributed by atoms with Crippen molar-refractivity contribution in [1.29, 1.82) is 0 Å². The van der Waals surface area contributed by atoms with Crippen LogP contribution in [-0.2, 0) is 15.8 Å². The van der Waals surface area contributed by atoms with E-state index in [-0.39, 0.29) is 6.10 Å². The molecule has 1 aromatic rings. The zero-order valence-corrected chi connectivity index (χ0v) is 21.4. The van der Waals surface area contributed by atoms with Crippen LogP contribution in [0.2, 0.25) is 16.6 Å². The summed E-state index contributed by atoms with van der Waals surface area (Å²) in [5, 5.41) is 11.2. The summed E-state index contributed by atoms with van der Waals surface area (Å²) in [4.78, 5) is 0. The van der Waals surface area contributed by atoms with Crippen LogP contribution < -0.4 is 4.74 Å². The van der Waals surface area contributed by atoms with Crippen molar-refractivity contribution in [3.8, 4) is 5.75 Å². The molecule has 0 radical (unpaired) electrons. The summed E-state index contributed by atoms with van der Waals surface area (Å²) < 4.78 is 18.0. The zero-order valence-electron chi connectivity index (χ0n) is 20.4. The summed E-state index contributed by atoms with van der Waals surface area (Å²) in [6.07, 6.45) is 2.59. The minimum absolute atomic E-state index is 0.339. The number of rotatable bonds is 14. The Kier molecular flexibility index (Phi) is 10.8. The minimum atomic E-state index is -1.94. The molecule has 0 heterocycles. The topological polar surface area (TPSA) is 47.9 Å². The maximum atomic E-state index is 11.2. The fraction of sp³-hybridized carbons (Fsp3) is 0.680. The Morgan fingerprint density at radius 2 is 1.57 bits per heavy atom. The van der Waals surface area contributed by atoms with Gasteiger partial charge in [-0.25, -0.2) is 0 Å². The zero-order chi connectivity index (χ0) is 22.9. The summed E-state index contributed by atoms with van der Waals surface area (Å²) in [6.45, 7) is 20.4. The maximum absolute atomic E-state index is 11.2. The molecule has 0 aliphatic heterocycles. The smallest absolute Gasteiger partial charge is 0.200 e. The van der Waals surface area contributed by atoms with Crippen molar-refractivity contribution < 1.29 is 19.0 Å². The highest BCUT2D eigenvalue weighted by atomic mass is 28.4. The first-order valence-electron chi connectivity index (χ1n) is 11.2. The highest BCUT2D eigenvalue weighted by Crippen LogP contribution is 2.42. The second-order valence-corrected chi connectivity index (χ2v) is 14.9. The molecule has 5 heteroatoms. The lowest BCUT2D eigenvalue weighted by atomic mass is 9.93. The molecule has 0 aromatic heterocycles. The predicted octanol–water partition coefficient (Wildman–Crippen LogP) is 6.49. The van der Waals surface area contributed by atoms with Gasteiger partial charge in [0.15, 0.2) is 8.32 Å². The van der Waals surface area contributed by atoms with Gasteiger partial charge in [0.05, 0.1) is 25.4 Å². The third-order valence-corrected chi connectivity index (χ3v) is 12.5. The average Bonchev–Trinajstić information content (AvgIpc) is 2.67. The van der Waals surface area contributed by atoms with Crippen LogP contribution in [-0.4, -0.2) is 38.8 Å². The quantitative estimate of drug-likeness (QED) is 0.267. The highest BCUT2D eigenvalue weighted by Gasteiger charge is 2.45. The van der Waals surface area contributed by atoms with Crippen LogP contribution in [0.1, 0.15) is 66.9 Å². The maximum Gasteiger partial charge on any atom is 0.200 e. The van der Waals surface area contributed by atoms with Gasteiger partial charge in [-0.2, -0.15) is 0 Å². The summed E-state index contributed by atoms with van der Waals surface area (Å²) in [6, 6.07) is 7.80. The number of methoxy groups -OCH3 is 1. The van der Waals surface area contributed by atoms with E-state index in [1.54, 1.807) is 7.11 Å². The van der Waals surface area contributed by atoms with Crippen LogP contribution in [0.25, 0.3) is 0 Å². The van der Waals surface area contributed by atoms with E-state index in [0.29, 0.717) is 42.7 Å². The van der Waals surface area contributed by atoms with Crippen molar-refractivity contribution in [2.24, 2.45) is 0 Å². The Bertz CT molecular complexity index is 601. The molecule has 1 rings (SSSR count). The Morgan fingerprint density at radius 3 is 2.00 bits per heavy atom. The van der Waals surface area contributed by atoms with Gasteiger partial charge >= 0.3 is 0 Å². The van der Waals surface area contributed by atoms with Gasteiger partial charge in [0.2, 0.25) is 0 Å². The second-order valence-electron chi connectivity index (χ2n) is 9.45. The lowest BCUT2D eigenvalue weighted by molar-refractivity contribution is -0.111. The average molecular weight is 437 g/mol. The molecule has 0 saturated carbocycles. The van der Waals surface area contributed by atoms with E-state index in [9.17, 15) is 5.11 Å². The number of ether oxygens (including phenoxy) is 2. The summed E-state index contributed by atoms with van der Waals surface area (Å²) in [7, 11) is -0.292. The fourth-order valence-corrected chi connectivity index (χ4v) is 10.1. The van der Waals surface area contributed by atoms with Crippen molar-refractivity contribution in [2.45, 2.75) is 96.2 Å². The first-order chi connectivity index (χ1) is 14.0. The second kappa shape index (κ2) is 12.0. The molecular weight excluding hydrogens is 392 g/mol. The normalized spacial score (nSPS) is 15.5. The van der Waals surface area contributed by atoms with Crippen LogP contribution in [0.3, 0.4) is 0 Å². The molecule has 1 aromatic carbocycles. The molecule has 0 saturated heterocycles. The van der Waals surface area contributed by atoms with E-state index in [0.717, 1.165) is 11.3 Å². The third-order valence-electron chi connectivity index (χ3n) is 6.35. The van der Waals surface area contributed by atoms with Gasteiger partial charge in [0.1, 0.15) is 5.75 Å². The molecule has 0 aliphatic carbocycles. The van der Waals surface area contributed by atoms with Crippen LogP contribution >= 0.6 is 0 Å². The third kappa shape index (κ3) is 6.94. The number of hydrogen-bond donors (Lipinski definition) is 1. The molecule has 0 bridgehead atoms. The monoisotopic (exact) mass is 436 g/mol. The van der Waals surface area contributed by atoms with Crippen molar-refractivity contribution in [3.63, 3.8) is 0 Å². The summed E-state index contributed by atoms with van der Waals surface area (Å²) >= 11 is 0.